The van der Waals surface area contributed by atoms with E-state index < -0.39 is 23.5 Å². The third-order valence-corrected chi connectivity index (χ3v) is 2.63. The molecule has 1 nitrogen and oxygen atoms in total. The molecule has 1 atom stereocenters. The molecule has 0 saturated carbocycles. The molecular weight excluding hydrogens is 191 g/mol. The zero-order valence-electron chi connectivity index (χ0n) is 7.49. The molecule has 14 heavy (non-hydrogen) atoms. The molecule has 0 heterocycles. The molecule has 1 aromatic rings. The molecule has 0 spiro atoms. The predicted molar refractivity (Wildman–Crippen MR) is 46.2 cm³/mol. The zero-order valence-corrected chi connectivity index (χ0v) is 7.49. The Labute approximate surface area is 79.7 Å². The van der Waals surface area contributed by atoms with Gasteiger partial charge in [0, 0.05) is 17.7 Å². The van der Waals surface area contributed by atoms with Crippen molar-refractivity contribution in [3.63, 3.8) is 0 Å². The molecule has 1 unspecified atom stereocenters. The molecule has 76 valence electrons. The molecule has 0 radical (unpaired) electrons. The molecule has 2 N–H and O–H groups in total. The quantitative estimate of drug-likeness (QED) is 0.641. The molecular formula is C10H10F3N. The summed E-state index contributed by atoms with van der Waals surface area (Å²) in [6.07, 6.45) is 1.73. The van der Waals surface area contributed by atoms with Crippen molar-refractivity contribution in [2.45, 2.75) is 25.3 Å². The summed E-state index contributed by atoms with van der Waals surface area (Å²) in [6.45, 7) is 0. The normalized spacial score (nSPS) is 20.7. The minimum absolute atomic E-state index is 0.0220. The summed E-state index contributed by atoms with van der Waals surface area (Å²) in [4.78, 5) is 0. The van der Waals surface area contributed by atoms with Gasteiger partial charge in [-0.1, -0.05) is 0 Å². The Balaban J connectivity index is 2.67. The second-order valence-corrected chi connectivity index (χ2v) is 3.55. The molecule has 0 bridgehead atoms. The van der Waals surface area contributed by atoms with Crippen LogP contribution in [0.1, 0.15) is 30.0 Å². The minimum Gasteiger partial charge on any atom is -0.324 e. The van der Waals surface area contributed by atoms with Crippen LogP contribution in [0, 0.1) is 17.5 Å². The summed E-state index contributed by atoms with van der Waals surface area (Å²) in [6, 6.07) is 0.00981. The minimum atomic E-state index is -1.15. The van der Waals surface area contributed by atoms with E-state index in [1.807, 2.05) is 0 Å². The number of fused-ring (bicyclic) bond motifs is 1. The first-order valence-corrected chi connectivity index (χ1v) is 4.53. The highest BCUT2D eigenvalue weighted by Gasteiger charge is 2.26. The Bertz CT molecular complexity index is 376. The number of benzene rings is 1. The van der Waals surface area contributed by atoms with Crippen molar-refractivity contribution >= 4 is 0 Å². The summed E-state index contributed by atoms with van der Waals surface area (Å²) in [5.74, 6) is -2.83. The van der Waals surface area contributed by atoms with Gasteiger partial charge < -0.3 is 5.73 Å². The fourth-order valence-corrected chi connectivity index (χ4v) is 1.94. The molecule has 0 amide bonds. The third-order valence-electron chi connectivity index (χ3n) is 2.63. The van der Waals surface area contributed by atoms with Gasteiger partial charge in [-0.05, 0) is 24.8 Å². The van der Waals surface area contributed by atoms with Crippen molar-refractivity contribution in [2.75, 3.05) is 0 Å². The summed E-state index contributed by atoms with van der Waals surface area (Å²) in [5, 5.41) is 0. The van der Waals surface area contributed by atoms with Gasteiger partial charge in [0.2, 0.25) is 0 Å². The largest absolute Gasteiger partial charge is 0.324 e. The lowest BCUT2D eigenvalue weighted by atomic mass is 9.87. The van der Waals surface area contributed by atoms with Gasteiger partial charge in [-0.15, -0.1) is 0 Å². The van der Waals surface area contributed by atoms with E-state index in [9.17, 15) is 13.2 Å². The lowest BCUT2D eigenvalue weighted by molar-refractivity contribution is 0.444. The number of halogens is 3. The second-order valence-electron chi connectivity index (χ2n) is 3.55. The van der Waals surface area contributed by atoms with E-state index in [2.05, 4.69) is 0 Å². The Morgan fingerprint density at radius 3 is 2.64 bits per heavy atom. The van der Waals surface area contributed by atoms with Crippen LogP contribution in [0.3, 0.4) is 0 Å². The van der Waals surface area contributed by atoms with Crippen LogP contribution in [0.15, 0.2) is 6.07 Å². The van der Waals surface area contributed by atoms with Crippen LogP contribution >= 0.6 is 0 Å². The summed E-state index contributed by atoms with van der Waals surface area (Å²) >= 11 is 0. The maximum absolute atomic E-state index is 13.3. The van der Waals surface area contributed by atoms with E-state index in [0.717, 1.165) is 6.42 Å². The lowest BCUT2D eigenvalue weighted by Crippen LogP contribution is -2.21. The van der Waals surface area contributed by atoms with Gasteiger partial charge in [-0.25, -0.2) is 13.2 Å². The van der Waals surface area contributed by atoms with E-state index in [0.29, 0.717) is 18.9 Å². The monoisotopic (exact) mass is 201 g/mol. The first-order valence-electron chi connectivity index (χ1n) is 4.53. The fourth-order valence-electron chi connectivity index (χ4n) is 1.94. The van der Waals surface area contributed by atoms with Crippen LogP contribution in [-0.2, 0) is 6.42 Å². The molecule has 0 saturated heterocycles. The van der Waals surface area contributed by atoms with Crippen molar-refractivity contribution in [3.05, 3.63) is 34.6 Å². The SMILES string of the molecule is NC1CCCc2c(F)cc(F)c(F)c21. The Morgan fingerprint density at radius 1 is 1.21 bits per heavy atom. The van der Waals surface area contributed by atoms with Crippen LogP contribution in [0.25, 0.3) is 0 Å². The van der Waals surface area contributed by atoms with E-state index in [-0.39, 0.29) is 11.1 Å². The average Bonchev–Trinajstić information content (AvgIpc) is 2.14. The molecule has 1 aromatic carbocycles. The number of hydrogen-bond acceptors (Lipinski definition) is 1. The highest BCUT2D eigenvalue weighted by Crippen LogP contribution is 2.32. The van der Waals surface area contributed by atoms with Gasteiger partial charge in [-0.2, -0.15) is 0 Å². The van der Waals surface area contributed by atoms with Crippen molar-refractivity contribution in [3.8, 4) is 0 Å². The van der Waals surface area contributed by atoms with Gasteiger partial charge in [0.25, 0.3) is 0 Å². The van der Waals surface area contributed by atoms with Gasteiger partial charge in [0.15, 0.2) is 11.6 Å². The van der Waals surface area contributed by atoms with Crippen molar-refractivity contribution < 1.29 is 13.2 Å². The number of nitrogens with two attached hydrogens (primary N) is 1. The molecule has 0 fully saturated rings. The van der Waals surface area contributed by atoms with Crippen LogP contribution in [-0.4, -0.2) is 0 Å². The Hall–Kier alpha value is -1.03. The van der Waals surface area contributed by atoms with E-state index in [4.69, 9.17) is 5.73 Å². The average molecular weight is 201 g/mol. The standard InChI is InChI=1S/C10H10F3N/c11-6-4-7(12)10(13)9-5(6)2-1-3-8(9)14/h4,8H,1-3,14H2. The first kappa shape index (κ1) is 9.52. The van der Waals surface area contributed by atoms with Gasteiger partial charge in [0.1, 0.15) is 5.82 Å². The topological polar surface area (TPSA) is 26.0 Å². The Kier molecular flexibility index (Phi) is 2.23. The van der Waals surface area contributed by atoms with Crippen LogP contribution < -0.4 is 5.73 Å². The highest BCUT2D eigenvalue weighted by atomic mass is 19.2. The van der Waals surface area contributed by atoms with Crippen LogP contribution in [0.4, 0.5) is 13.2 Å². The van der Waals surface area contributed by atoms with Crippen LogP contribution in [0.2, 0.25) is 0 Å². The van der Waals surface area contributed by atoms with Gasteiger partial charge in [-0.3, -0.25) is 0 Å². The van der Waals surface area contributed by atoms with Gasteiger partial charge in [0.05, 0.1) is 0 Å². The summed E-state index contributed by atoms with van der Waals surface area (Å²) < 4.78 is 39.4. The third kappa shape index (κ3) is 1.30. The molecule has 2 rings (SSSR count). The highest BCUT2D eigenvalue weighted by molar-refractivity contribution is 5.35. The fraction of sp³-hybridized carbons (Fsp3) is 0.400. The van der Waals surface area contributed by atoms with Crippen LogP contribution in [0.5, 0.6) is 0 Å². The summed E-state index contributed by atoms with van der Waals surface area (Å²) in [7, 11) is 0. The predicted octanol–water partition coefficient (Wildman–Crippen LogP) is 2.44. The Morgan fingerprint density at radius 2 is 1.93 bits per heavy atom. The summed E-state index contributed by atoms with van der Waals surface area (Å²) in [5.41, 5.74) is 5.87. The number of rotatable bonds is 0. The molecule has 0 aromatic heterocycles. The van der Waals surface area contributed by atoms with Crippen molar-refractivity contribution in [1.82, 2.24) is 0 Å². The van der Waals surface area contributed by atoms with Gasteiger partial charge >= 0.3 is 0 Å². The maximum atomic E-state index is 13.3. The number of hydrogen-bond donors (Lipinski definition) is 1. The van der Waals surface area contributed by atoms with E-state index in [1.54, 1.807) is 0 Å². The van der Waals surface area contributed by atoms with E-state index in [1.165, 1.54) is 0 Å². The van der Waals surface area contributed by atoms with Crippen molar-refractivity contribution in [1.29, 1.82) is 0 Å². The van der Waals surface area contributed by atoms with E-state index >= 15 is 0 Å². The molecule has 1 aliphatic rings. The smallest absolute Gasteiger partial charge is 0.164 e. The molecule has 4 heteroatoms. The van der Waals surface area contributed by atoms with Crippen molar-refractivity contribution in [2.24, 2.45) is 5.73 Å². The first-order chi connectivity index (χ1) is 6.61. The second kappa shape index (κ2) is 3.28. The zero-order chi connectivity index (χ0) is 10.3. The molecule has 1 aliphatic carbocycles. The lowest BCUT2D eigenvalue weighted by Gasteiger charge is -2.23. The molecule has 0 aliphatic heterocycles. The maximum Gasteiger partial charge on any atom is 0.164 e.